The van der Waals surface area contributed by atoms with Crippen molar-refractivity contribution in [1.29, 1.82) is 0 Å². The Balaban J connectivity index is 2.17. The molecule has 0 fully saturated rings. The van der Waals surface area contributed by atoms with Gasteiger partial charge in [-0.2, -0.15) is 0 Å². The molecular weight excluding hydrogens is 188 g/mol. The number of hydrogen-bond donors (Lipinski definition) is 2. The summed E-state index contributed by atoms with van der Waals surface area (Å²) in [4.78, 5) is 8.22. The summed E-state index contributed by atoms with van der Waals surface area (Å²) in [5.41, 5.74) is 4.97. The van der Waals surface area contributed by atoms with Crippen LogP contribution in [0.1, 0.15) is 5.56 Å². The summed E-state index contributed by atoms with van der Waals surface area (Å²) in [5, 5.41) is 1.23. The second-order valence-corrected chi connectivity index (χ2v) is 3.21. The van der Waals surface area contributed by atoms with Crippen LogP contribution in [0.15, 0.2) is 36.5 Å². The Morgan fingerprint density at radius 3 is 3.13 bits per heavy atom. The fraction of sp³-hybridized carbons (Fsp3) is 0.167. The van der Waals surface area contributed by atoms with Gasteiger partial charge in [0, 0.05) is 24.1 Å². The molecule has 0 unspecified atom stereocenters. The average molecular weight is 202 g/mol. The van der Waals surface area contributed by atoms with Gasteiger partial charge in [0.15, 0.2) is 0 Å². The van der Waals surface area contributed by atoms with Crippen LogP contribution in [0.25, 0.3) is 17.0 Å². The Hall–Kier alpha value is -1.58. The fourth-order valence-corrected chi connectivity index (χ4v) is 1.54. The zero-order valence-corrected chi connectivity index (χ0v) is 8.66. The molecule has 1 heterocycles. The van der Waals surface area contributed by atoms with E-state index in [2.05, 4.69) is 28.7 Å². The zero-order valence-electron chi connectivity index (χ0n) is 8.66. The molecule has 0 aliphatic heterocycles. The van der Waals surface area contributed by atoms with Gasteiger partial charge in [-0.1, -0.05) is 30.4 Å². The Labute approximate surface area is 88.7 Å². The highest BCUT2D eigenvalue weighted by Gasteiger charge is 1.97. The molecule has 2 aromatic rings. The van der Waals surface area contributed by atoms with Gasteiger partial charge in [-0.25, -0.2) is 5.48 Å². The van der Waals surface area contributed by atoms with Gasteiger partial charge in [-0.05, 0) is 11.6 Å². The van der Waals surface area contributed by atoms with Gasteiger partial charge in [-0.3, -0.25) is 4.84 Å². The van der Waals surface area contributed by atoms with Gasteiger partial charge < -0.3 is 4.98 Å². The summed E-state index contributed by atoms with van der Waals surface area (Å²) < 4.78 is 0. The first kappa shape index (κ1) is 9.96. The van der Waals surface area contributed by atoms with Gasteiger partial charge in [0.25, 0.3) is 0 Å². The van der Waals surface area contributed by atoms with E-state index in [9.17, 15) is 0 Å². The van der Waals surface area contributed by atoms with E-state index in [0.717, 1.165) is 5.52 Å². The maximum Gasteiger partial charge on any atom is 0.0866 e. The zero-order chi connectivity index (χ0) is 10.5. The number of nitrogens with one attached hydrogen (secondary N) is 2. The lowest BCUT2D eigenvalue weighted by molar-refractivity contribution is 0.0814. The Morgan fingerprint density at radius 1 is 1.40 bits per heavy atom. The lowest BCUT2D eigenvalue weighted by Crippen LogP contribution is -2.06. The van der Waals surface area contributed by atoms with Gasteiger partial charge in [0.2, 0.25) is 0 Å². The van der Waals surface area contributed by atoms with Crippen molar-refractivity contribution in [2.75, 3.05) is 13.7 Å². The lowest BCUT2D eigenvalue weighted by atomic mass is 10.2. The predicted octanol–water partition coefficient (Wildman–Crippen LogP) is 2.33. The molecule has 78 valence electrons. The van der Waals surface area contributed by atoms with E-state index in [0.29, 0.717) is 6.61 Å². The minimum absolute atomic E-state index is 0.565. The Morgan fingerprint density at radius 2 is 2.27 bits per heavy atom. The standard InChI is InChI=1S/C12H14N2O/c1-13-15-8-4-5-10-9-14-12-7-3-2-6-11(10)12/h2-7,9,13-14H,8H2,1H3/b5-4+. The van der Waals surface area contributed by atoms with E-state index in [1.165, 1.54) is 10.9 Å². The minimum Gasteiger partial charge on any atom is -0.361 e. The Bertz CT molecular complexity index is 459. The third-order valence-corrected chi connectivity index (χ3v) is 2.24. The van der Waals surface area contributed by atoms with E-state index in [-0.39, 0.29) is 0 Å². The number of fused-ring (bicyclic) bond motifs is 1. The molecule has 0 aliphatic carbocycles. The molecule has 0 saturated carbocycles. The molecule has 0 spiro atoms. The van der Waals surface area contributed by atoms with E-state index >= 15 is 0 Å². The van der Waals surface area contributed by atoms with Crippen molar-refractivity contribution in [3.05, 3.63) is 42.1 Å². The molecule has 3 heteroatoms. The smallest absolute Gasteiger partial charge is 0.0866 e. The second kappa shape index (κ2) is 4.77. The van der Waals surface area contributed by atoms with E-state index < -0.39 is 0 Å². The molecule has 2 rings (SSSR count). The number of H-pyrrole nitrogens is 1. The molecule has 3 nitrogen and oxygen atoms in total. The number of aromatic amines is 1. The van der Waals surface area contributed by atoms with Crippen LogP contribution in [-0.4, -0.2) is 18.6 Å². The first-order chi connectivity index (χ1) is 7.42. The maximum absolute atomic E-state index is 5.00. The van der Waals surface area contributed by atoms with Gasteiger partial charge >= 0.3 is 0 Å². The number of aromatic nitrogens is 1. The van der Waals surface area contributed by atoms with E-state index in [4.69, 9.17) is 4.84 Å². The molecule has 0 saturated heterocycles. The fourth-order valence-electron chi connectivity index (χ4n) is 1.54. The first-order valence-corrected chi connectivity index (χ1v) is 4.93. The predicted molar refractivity (Wildman–Crippen MR) is 62.3 cm³/mol. The highest BCUT2D eigenvalue weighted by atomic mass is 16.6. The van der Waals surface area contributed by atoms with Crippen LogP contribution in [0.3, 0.4) is 0 Å². The number of para-hydroxylation sites is 1. The molecule has 15 heavy (non-hydrogen) atoms. The van der Waals surface area contributed by atoms with Crippen molar-refractivity contribution in [2.24, 2.45) is 0 Å². The van der Waals surface area contributed by atoms with E-state index in [1.54, 1.807) is 7.05 Å². The van der Waals surface area contributed by atoms with Crippen molar-refractivity contribution in [3.63, 3.8) is 0 Å². The van der Waals surface area contributed by atoms with Crippen molar-refractivity contribution >= 4 is 17.0 Å². The highest BCUT2D eigenvalue weighted by molar-refractivity contribution is 5.88. The first-order valence-electron chi connectivity index (χ1n) is 4.93. The summed E-state index contributed by atoms with van der Waals surface area (Å²) >= 11 is 0. The van der Waals surface area contributed by atoms with Crippen LogP contribution in [0, 0.1) is 0 Å². The lowest BCUT2D eigenvalue weighted by Gasteiger charge is -1.94. The third kappa shape index (κ3) is 2.26. The third-order valence-electron chi connectivity index (χ3n) is 2.24. The van der Waals surface area contributed by atoms with Crippen molar-refractivity contribution in [3.8, 4) is 0 Å². The van der Waals surface area contributed by atoms with Crippen molar-refractivity contribution in [1.82, 2.24) is 10.5 Å². The van der Waals surface area contributed by atoms with Gasteiger partial charge in [-0.15, -0.1) is 0 Å². The molecule has 1 aromatic heterocycles. The monoisotopic (exact) mass is 202 g/mol. The largest absolute Gasteiger partial charge is 0.361 e. The van der Waals surface area contributed by atoms with E-state index in [1.807, 2.05) is 24.4 Å². The number of hydrogen-bond acceptors (Lipinski definition) is 2. The van der Waals surface area contributed by atoms with Gasteiger partial charge in [0.1, 0.15) is 0 Å². The molecule has 1 aromatic carbocycles. The molecule has 0 amide bonds. The SMILES string of the molecule is CNOC/C=C/c1c[nH]c2ccccc12. The van der Waals surface area contributed by atoms with Crippen LogP contribution < -0.4 is 5.48 Å². The number of benzene rings is 1. The highest BCUT2D eigenvalue weighted by Crippen LogP contribution is 2.18. The van der Waals surface area contributed by atoms with Crippen LogP contribution in [0.5, 0.6) is 0 Å². The van der Waals surface area contributed by atoms with Crippen molar-refractivity contribution < 1.29 is 4.84 Å². The summed E-state index contributed by atoms with van der Waals surface area (Å²) in [6, 6.07) is 8.23. The van der Waals surface area contributed by atoms with Crippen LogP contribution in [-0.2, 0) is 4.84 Å². The average Bonchev–Trinajstić information content (AvgIpc) is 2.68. The summed E-state index contributed by atoms with van der Waals surface area (Å²) in [7, 11) is 1.75. The number of rotatable bonds is 4. The van der Waals surface area contributed by atoms with Crippen molar-refractivity contribution in [2.45, 2.75) is 0 Å². The summed E-state index contributed by atoms with van der Waals surface area (Å²) in [6.45, 7) is 0.565. The van der Waals surface area contributed by atoms with Crippen LogP contribution in [0.2, 0.25) is 0 Å². The summed E-state index contributed by atoms with van der Waals surface area (Å²) in [5.74, 6) is 0. The topological polar surface area (TPSA) is 37.0 Å². The molecule has 0 atom stereocenters. The second-order valence-electron chi connectivity index (χ2n) is 3.21. The molecular formula is C12H14N2O. The normalized spacial score (nSPS) is 11.5. The molecule has 2 N–H and O–H groups in total. The van der Waals surface area contributed by atoms with Crippen LogP contribution >= 0.6 is 0 Å². The minimum atomic E-state index is 0.565. The molecule has 0 bridgehead atoms. The molecule has 0 radical (unpaired) electrons. The maximum atomic E-state index is 5.00. The molecule has 0 aliphatic rings. The number of hydroxylamine groups is 1. The quantitative estimate of drug-likeness (QED) is 0.589. The summed E-state index contributed by atoms with van der Waals surface area (Å²) in [6.07, 6.45) is 6.03. The van der Waals surface area contributed by atoms with Crippen LogP contribution in [0.4, 0.5) is 0 Å². The van der Waals surface area contributed by atoms with Gasteiger partial charge in [0.05, 0.1) is 6.61 Å². The Kier molecular flexibility index (Phi) is 3.17.